The molecule has 0 saturated carbocycles. The number of piperidine rings is 1. The van der Waals surface area contributed by atoms with E-state index < -0.39 is 17.6 Å². The smallest absolute Gasteiger partial charge is 0.303 e. The maximum atomic E-state index is 14.8. The van der Waals surface area contributed by atoms with Gasteiger partial charge in [0.05, 0.1) is 37.1 Å². The van der Waals surface area contributed by atoms with Crippen molar-refractivity contribution in [2.45, 2.75) is 70.9 Å². The summed E-state index contributed by atoms with van der Waals surface area (Å²) in [5.74, 6) is -0.117. The summed E-state index contributed by atoms with van der Waals surface area (Å²) < 4.78 is 31.6. The minimum absolute atomic E-state index is 0.0560. The Balaban J connectivity index is 1.15. The molecule has 11 heteroatoms. The van der Waals surface area contributed by atoms with Crippen molar-refractivity contribution in [2.24, 2.45) is 0 Å². The summed E-state index contributed by atoms with van der Waals surface area (Å²) in [6.45, 7) is 7.60. The van der Waals surface area contributed by atoms with Gasteiger partial charge in [0.15, 0.2) is 11.5 Å². The van der Waals surface area contributed by atoms with Crippen molar-refractivity contribution in [3.63, 3.8) is 0 Å². The van der Waals surface area contributed by atoms with Gasteiger partial charge >= 0.3 is 5.97 Å². The third-order valence-electron chi connectivity index (χ3n) is 8.50. The van der Waals surface area contributed by atoms with E-state index in [9.17, 15) is 14.3 Å². The van der Waals surface area contributed by atoms with E-state index >= 15 is 0 Å². The van der Waals surface area contributed by atoms with Crippen molar-refractivity contribution in [3.05, 3.63) is 94.3 Å². The highest BCUT2D eigenvalue weighted by Crippen LogP contribution is 2.49. The Hall–Kier alpha value is -3.89. The second-order valence-electron chi connectivity index (χ2n) is 11.3. The Kier molecular flexibility index (Phi) is 8.15. The van der Waals surface area contributed by atoms with Crippen LogP contribution in [0.3, 0.4) is 0 Å². The van der Waals surface area contributed by atoms with Gasteiger partial charge < -0.3 is 23.7 Å². The molecule has 2 aromatic heterocycles. The Bertz CT molecular complexity index is 1630. The van der Waals surface area contributed by atoms with E-state index in [1.807, 2.05) is 30.9 Å². The third kappa shape index (κ3) is 5.99. The lowest BCUT2D eigenvalue weighted by Crippen LogP contribution is -2.34. The van der Waals surface area contributed by atoms with E-state index in [0.29, 0.717) is 41.6 Å². The maximum absolute atomic E-state index is 14.8. The standard InChI is InChI=1S/C32H35ClFN5O4/c1-3-38-20-35-16-24(38)18-39-23(8-10-30(40)41)17-36-29(39)19-37-13-11-21(12-14-37)25-5-4-6-28-31(25)43-32(2,42-28)26-9-7-22(33)15-27(26)34/h4-7,9,15-17,20-21H,3,8,10-14,18-19H2,1-2H3,(H,40,41). The van der Waals surface area contributed by atoms with E-state index in [0.717, 1.165) is 55.3 Å². The van der Waals surface area contributed by atoms with E-state index in [-0.39, 0.29) is 12.3 Å². The van der Waals surface area contributed by atoms with Crippen LogP contribution in [-0.2, 0) is 36.6 Å². The van der Waals surface area contributed by atoms with Gasteiger partial charge in [-0.1, -0.05) is 23.7 Å². The molecular weight excluding hydrogens is 573 g/mol. The fourth-order valence-electron chi connectivity index (χ4n) is 6.17. The molecule has 1 N–H and O–H groups in total. The SMILES string of the molecule is CCn1cncc1Cn1c(CCC(=O)O)cnc1CN1CCC(c2cccc3c2OC(C)(c2ccc(Cl)cc2F)O3)CC1. The maximum Gasteiger partial charge on any atom is 0.303 e. The highest BCUT2D eigenvalue weighted by Gasteiger charge is 2.43. The van der Waals surface area contributed by atoms with E-state index in [4.69, 9.17) is 26.1 Å². The lowest BCUT2D eigenvalue weighted by atomic mass is 9.88. The van der Waals surface area contributed by atoms with Crippen LogP contribution in [0, 0.1) is 5.82 Å². The first-order valence-electron chi connectivity index (χ1n) is 14.7. The summed E-state index contributed by atoms with van der Waals surface area (Å²) in [6, 6.07) is 10.4. The Morgan fingerprint density at radius 3 is 2.70 bits per heavy atom. The van der Waals surface area contributed by atoms with Crippen LogP contribution >= 0.6 is 11.6 Å². The summed E-state index contributed by atoms with van der Waals surface area (Å²) in [6.07, 6.45) is 7.80. The molecule has 226 valence electrons. The Labute approximate surface area is 254 Å². The van der Waals surface area contributed by atoms with Crippen molar-refractivity contribution in [3.8, 4) is 11.5 Å². The molecule has 0 bridgehead atoms. The molecular formula is C32H35ClFN5O4. The zero-order chi connectivity index (χ0) is 30.1. The topological polar surface area (TPSA) is 94.6 Å². The molecule has 9 nitrogen and oxygen atoms in total. The fraction of sp³-hybridized carbons (Fsp3) is 0.406. The van der Waals surface area contributed by atoms with Gasteiger partial charge in [-0.15, -0.1) is 0 Å². The van der Waals surface area contributed by atoms with Crippen LogP contribution in [0.5, 0.6) is 11.5 Å². The summed E-state index contributed by atoms with van der Waals surface area (Å²) >= 11 is 5.97. The van der Waals surface area contributed by atoms with E-state index in [1.54, 1.807) is 19.1 Å². The van der Waals surface area contributed by atoms with Gasteiger partial charge in [-0.05, 0) is 69.5 Å². The number of rotatable bonds is 10. The van der Waals surface area contributed by atoms with Gasteiger partial charge in [0, 0.05) is 42.1 Å². The van der Waals surface area contributed by atoms with Crippen molar-refractivity contribution in [1.29, 1.82) is 0 Å². The second kappa shape index (κ2) is 12.0. The molecule has 0 amide bonds. The number of para-hydroxylation sites is 1. The summed E-state index contributed by atoms with van der Waals surface area (Å²) in [5.41, 5.74) is 3.34. The monoisotopic (exact) mass is 607 g/mol. The van der Waals surface area contributed by atoms with Crippen LogP contribution < -0.4 is 9.47 Å². The van der Waals surface area contributed by atoms with Gasteiger partial charge in [-0.25, -0.2) is 14.4 Å². The summed E-state index contributed by atoms with van der Waals surface area (Å²) in [4.78, 5) is 22.7. The van der Waals surface area contributed by atoms with Crippen molar-refractivity contribution < 1.29 is 23.8 Å². The lowest BCUT2D eigenvalue weighted by molar-refractivity contribution is -0.137. The van der Waals surface area contributed by atoms with Crippen LogP contribution in [-0.4, -0.2) is 48.2 Å². The number of benzene rings is 2. The average molecular weight is 608 g/mol. The minimum Gasteiger partial charge on any atom is -0.481 e. The molecule has 6 rings (SSSR count). The van der Waals surface area contributed by atoms with Crippen LogP contribution in [0.4, 0.5) is 4.39 Å². The van der Waals surface area contributed by atoms with Crippen molar-refractivity contribution in [1.82, 2.24) is 24.0 Å². The molecule has 2 aliphatic rings. The number of halogens is 2. The number of carbonyl (C=O) groups is 1. The summed E-state index contributed by atoms with van der Waals surface area (Å²) in [5, 5.41) is 9.59. The fourth-order valence-corrected chi connectivity index (χ4v) is 6.33. The largest absolute Gasteiger partial charge is 0.481 e. The minimum atomic E-state index is -1.28. The molecule has 2 aromatic carbocycles. The van der Waals surface area contributed by atoms with Crippen LogP contribution in [0.1, 0.15) is 67.4 Å². The number of carboxylic acid groups (broad SMARTS) is 1. The highest BCUT2D eigenvalue weighted by atomic mass is 35.5. The average Bonchev–Trinajstić information content (AvgIpc) is 3.69. The van der Waals surface area contributed by atoms with Crippen LogP contribution in [0.15, 0.2) is 55.1 Å². The number of carboxylic acids is 1. The highest BCUT2D eigenvalue weighted by molar-refractivity contribution is 6.30. The number of aromatic nitrogens is 4. The molecule has 1 unspecified atom stereocenters. The van der Waals surface area contributed by atoms with E-state index in [1.165, 1.54) is 6.07 Å². The number of nitrogens with zero attached hydrogens (tertiary/aromatic N) is 5. The normalized spacial score (nSPS) is 18.8. The predicted octanol–water partition coefficient (Wildman–Crippen LogP) is 5.98. The number of ether oxygens (including phenoxy) is 2. The lowest BCUT2D eigenvalue weighted by Gasteiger charge is -2.32. The number of fused-ring (bicyclic) bond motifs is 1. The molecule has 2 aliphatic heterocycles. The Morgan fingerprint density at radius 2 is 1.95 bits per heavy atom. The van der Waals surface area contributed by atoms with Crippen molar-refractivity contribution in [2.75, 3.05) is 13.1 Å². The molecule has 4 heterocycles. The van der Waals surface area contributed by atoms with Crippen LogP contribution in [0.25, 0.3) is 0 Å². The third-order valence-corrected chi connectivity index (χ3v) is 8.73. The zero-order valence-corrected chi connectivity index (χ0v) is 25.1. The number of hydrogen-bond acceptors (Lipinski definition) is 6. The van der Waals surface area contributed by atoms with Gasteiger partial charge in [0.1, 0.15) is 11.6 Å². The molecule has 4 aromatic rings. The Morgan fingerprint density at radius 1 is 1.14 bits per heavy atom. The van der Waals surface area contributed by atoms with Crippen LogP contribution in [0.2, 0.25) is 5.02 Å². The molecule has 0 aliphatic carbocycles. The van der Waals surface area contributed by atoms with Gasteiger partial charge in [-0.2, -0.15) is 0 Å². The zero-order valence-electron chi connectivity index (χ0n) is 24.3. The molecule has 1 atom stereocenters. The predicted molar refractivity (Wildman–Crippen MR) is 159 cm³/mol. The van der Waals surface area contributed by atoms with Gasteiger partial charge in [0.25, 0.3) is 5.79 Å². The number of aliphatic carboxylic acids is 1. The molecule has 0 spiro atoms. The molecule has 43 heavy (non-hydrogen) atoms. The van der Waals surface area contributed by atoms with Gasteiger partial charge in [-0.3, -0.25) is 9.69 Å². The molecule has 1 saturated heterocycles. The number of aryl methyl sites for hydroxylation is 2. The molecule has 0 radical (unpaired) electrons. The first-order chi connectivity index (χ1) is 20.7. The van der Waals surface area contributed by atoms with E-state index in [2.05, 4.69) is 32.0 Å². The van der Waals surface area contributed by atoms with Crippen molar-refractivity contribution >= 4 is 17.6 Å². The number of hydrogen-bond donors (Lipinski definition) is 1. The first-order valence-corrected chi connectivity index (χ1v) is 15.0. The quantitative estimate of drug-likeness (QED) is 0.237. The molecule has 1 fully saturated rings. The first kappa shape index (κ1) is 29.2. The summed E-state index contributed by atoms with van der Waals surface area (Å²) in [7, 11) is 0. The van der Waals surface area contributed by atoms with Gasteiger partial charge in [0.2, 0.25) is 0 Å². The number of imidazole rings is 2. The number of likely N-dealkylation sites (tertiary alicyclic amines) is 1. The second-order valence-corrected chi connectivity index (χ2v) is 11.8.